The van der Waals surface area contributed by atoms with Crippen molar-refractivity contribution in [2.24, 2.45) is 5.92 Å². The molecule has 1 aliphatic heterocycles. The molecule has 0 radical (unpaired) electrons. The van der Waals surface area contributed by atoms with Gasteiger partial charge in [-0.25, -0.2) is 0 Å². The Labute approximate surface area is 81.3 Å². The molecule has 1 amide bonds. The number of unbranched alkanes of at least 4 members (excludes halogenated alkanes) is 1. The van der Waals surface area contributed by atoms with E-state index >= 15 is 0 Å². The van der Waals surface area contributed by atoms with Crippen molar-refractivity contribution in [3.8, 4) is 0 Å². The summed E-state index contributed by atoms with van der Waals surface area (Å²) in [4.78, 5) is 13.8. The predicted octanol–water partition coefficient (Wildman–Crippen LogP) is 2.43. The molecule has 1 fully saturated rings. The van der Waals surface area contributed by atoms with E-state index in [0.29, 0.717) is 17.9 Å². The zero-order chi connectivity index (χ0) is 9.84. The van der Waals surface area contributed by atoms with Crippen molar-refractivity contribution < 1.29 is 4.79 Å². The van der Waals surface area contributed by atoms with E-state index in [9.17, 15) is 4.79 Å². The first-order valence-electron chi connectivity index (χ1n) is 5.47. The van der Waals surface area contributed by atoms with Gasteiger partial charge in [0.05, 0.1) is 0 Å². The molecule has 1 saturated heterocycles. The van der Waals surface area contributed by atoms with Crippen LogP contribution in [0.1, 0.15) is 46.5 Å². The Hall–Kier alpha value is -0.530. The smallest absolute Gasteiger partial charge is 0.225 e. The lowest BCUT2D eigenvalue weighted by molar-refractivity contribution is -0.132. The van der Waals surface area contributed by atoms with Gasteiger partial charge in [-0.05, 0) is 26.7 Å². The molecule has 1 heterocycles. The van der Waals surface area contributed by atoms with Crippen LogP contribution in [0.3, 0.4) is 0 Å². The minimum atomic E-state index is 0.336. The molecule has 1 aliphatic rings. The van der Waals surface area contributed by atoms with Gasteiger partial charge in [-0.2, -0.15) is 0 Å². The molecule has 0 bridgehead atoms. The molecule has 0 saturated carbocycles. The van der Waals surface area contributed by atoms with Gasteiger partial charge in [-0.1, -0.05) is 19.8 Å². The Bertz CT molecular complexity index is 177. The number of rotatable bonds is 4. The van der Waals surface area contributed by atoms with Crippen LogP contribution in [-0.2, 0) is 4.79 Å². The van der Waals surface area contributed by atoms with Gasteiger partial charge < -0.3 is 4.90 Å². The average Bonchev–Trinajstić information content (AvgIpc) is 2.43. The van der Waals surface area contributed by atoms with E-state index in [0.717, 1.165) is 19.4 Å². The maximum Gasteiger partial charge on any atom is 0.225 e. The van der Waals surface area contributed by atoms with Gasteiger partial charge in [-0.15, -0.1) is 0 Å². The first kappa shape index (κ1) is 10.6. The molecule has 76 valence electrons. The summed E-state index contributed by atoms with van der Waals surface area (Å²) in [6.07, 6.45) is 4.57. The molecule has 2 nitrogen and oxygen atoms in total. The predicted molar refractivity (Wildman–Crippen MR) is 54.5 cm³/mol. The molecular weight excluding hydrogens is 162 g/mol. The van der Waals surface area contributed by atoms with Crippen molar-refractivity contribution in [2.45, 2.75) is 52.5 Å². The largest absolute Gasteiger partial charge is 0.340 e. The van der Waals surface area contributed by atoms with Crippen LogP contribution in [0.4, 0.5) is 0 Å². The molecular formula is C11H21NO. The van der Waals surface area contributed by atoms with Crippen molar-refractivity contribution in [2.75, 3.05) is 6.54 Å². The number of likely N-dealkylation sites (tertiary alicyclic amines) is 1. The summed E-state index contributed by atoms with van der Waals surface area (Å²) in [5.74, 6) is 0.728. The van der Waals surface area contributed by atoms with Crippen molar-refractivity contribution in [3.05, 3.63) is 0 Å². The highest BCUT2D eigenvalue weighted by Crippen LogP contribution is 2.24. The van der Waals surface area contributed by atoms with Crippen LogP contribution in [0.15, 0.2) is 0 Å². The third kappa shape index (κ3) is 2.45. The van der Waals surface area contributed by atoms with Crippen LogP contribution in [0, 0.1) is 5.92 Å². The molecule has 13 heavy (non-hydrogen) atoms. The van der Waals surface area contributed by atoms with E-state index < -0.39 is 0 Å². The summed E-state index contributed by atoms with van der Waals surface area (Å²) >= 11 is 0. The van der Waals surface area contributed by atoms with Crippen LogP contribution in [0.2, 0.25) is 0 Å². The molecule has 0 spiro atoms. The molecule has 0 N–H and O–H groups in total. The van der Waals surface area contributed by atoms with Gasteiger partial charge in [0.15, 0.2) is 0 Å². The Balaban J connectivity index is 2.41. The first-order valence-corrected chi connectivity index (χ1v) is 5.47. The van der Waals surface area contributed by atoms with E-state index in [-0.39, 0.29) is 0 Å². The van der Waals surface area contributed by atoms with Crippen molar-refractivity contribution in [1.82, 2.24) is 4.90 Å². The SMILES string of the molecule is CCCCC1CCN(C(C)C)C1=O. The Morgan fingerprint density at radius 1 is 1.54 bits per heavy atom. The fraction of sp³-hybridized carbons (Fsp3) is 0.909. The molecule has 2 heteroatoms. The number of hydrogen-bond donors (Lipinski definition) is 0. The highest BCUT2D eigenvalue weighted by atomic mass is 16.2. The monoisotopic (exact) mass is 183 g/mol. The standard InChI is InChI=1S/C11H21NO/c1-4-5-6-10-7-8-12(9(2)3)11(10)13/h9-10H,4-8H2,1-3H3. The number of hydrogen-bond acceptors (Lipinski definition) is 1. The van der Waals surface area contributed by atoms with Crippen molar-refractivity contribution >= 4 is 5.91 Å². The molecule has 0 aromatic carbocycles. The summed E-state index contributed by atoms with van der Waals surface area (Å²) < 4.78 is 0. The summed E-state index contributed by atoms with van der Waals surface area (Å²) in [6.45, 7) is 7.35. The minimum absolute atomic E-state index is 0.336. The summed E-state index contributed by atoms with van der Waals surface area (Å²) in [5.41, 5.74) is 0. The Morgan fingerprint density at radius 3 is 2.69 bits per heavy atom. The zero-order valence-electron chi connectivity index (χ0n) is 9.05. The van der Waals surface area contributed by atoms with Gasteiger partial charge in [0.25, 0.3) is 0 Å². The second-order valence-corrected chi connectivity index (χ2v) is 4.25. The fourth-order valence-electron chi connectivity index (χ4n) is 1.99. The molecule has 0 aromatic rings. The van der Waals surface area contributed by atoms with E-state index in [2.05, 4.69) is 20.8 Å². The lowest BCUT2D eigenvalue weighted by atomic mass is 10.0. The maximum atomic E-state index is 11.8. The van der Waals surface area contributed by atoms with Gasteiger partial charge >= 0.3 is 0 Å². The van der Waals surface area contributed by atoms with Crippen LogP contribution in [0.5, 0.6) is 0 Å². The second-order valence-electron chi connectivity index (χ2n) is 4.25. The topological polar surface area (TPSA) is 20.3 Å². The maximum absolute atomic E-state index is 11.8. The van der Waals surface area contributed by atoms with Crippen LogP contribution < -0.4 is 0 Å². The van der Waals surface area contributed by atoms with Gasteiger partial charge in [-0.3, -0.25) is 4.79 Å². The molecule has 0 aliphatic carbocycles. The highest BCUT2D eigenvalue weighted by molar-refractivity contribution is 5.81. The fourth-order valence-corrected chi connectivity index (χ4v) is 1.99. The lowest BCUT2D eigenvalue weighted by Crippen LogP contribution is -2.33. The number of nitrogens with zero attached hydrogens (tertiary/aromatic N) is 1. The molecule has 1 rings (SSSR count). The van der Waals surface area contributed by atoms with E-state index in [4.69, 9.17) is 0 Å². The number of amides is 1. The Morgan fingerprint density at radius 2 is 2.23 bits per heavy atom. The zero-order valence-corrected chi connectivity index (χ0v) is 9.05. The normalized spacial score (nSPS) is 23.2. The quantitative estimate of drug-likeness (QED) is 0.655. The first-order chi connectivity index (χ1) is 6.16. The number of carbonyl (C=O) groups excluding carboxylic acids is 1. The second kappa shape index (κ2) is 4.64. The van der Waals surface area contributed by atoms with Crippen LogP contribution >= 0.6 is 0 Å². The van der Waals surface area contributed by atoms with E-state index in [1.54, 1.807) is 0 Å². The molecule has 1 atom stereocenters. The lowest BCUT2D eigenvalue weighted by Gasteiger charge is -2.20. The van der Waals surface area contributed by atoms with Crippen LogP contribution in [0.25, 0.3) is 0 Å². The average molecular weight is 183 g/mol. The van der Waals surface area contributed by atoms with Gasteiger partial charge in [0, 0.05) is 18.5 Å². The molecule has 0 aromatic heterocycles. The minimum Gasteiger partial charge on any atom is -0.340 e. The van der Waals surface area contributed by atoms with Gasteiger partial charge in [0.2, 0.25) is 5.91 Å². The highest BCUT2D eigenvalue weighted by Gasteiger charge is 2.31. The third-order valence-corrected chi connectivity index (χ3v) is 2.88. The van der Waals surface area contributed by atoms with E-state index in [1.807, 2.05) is 4.90 Å². The Kier molecular flexibility index (Phi) is 3.76. The summed E-state index contributed by atoms with van der Waals surface area (Å²) in [7, 11) is 0. The number of carbonyl (C=O) groups is 1. The van der Waals surface area contributed by atoms with Crippen molar-refractivity contribution in [3.63, 3.8) is 0 Å². The van der Waals surface area contributed by atoms with Crippen LogP contribution in [-0.4, -0.2) is 23.4 Å². The summed E-state index contributed by atoms with van der Waals surface area (Å²) in [5, 5.41) is 0. The van der Waals surface area contributed by atoms with E-state index in [1.165, 1.54) is 12.8 Å². The summed E-state index contributed by atoms with van der Waals surface area (Å²) in [6, 6.07) is 0.388. The third-order valence-electron chi connectivity index (χ3n) is 2.88. The van der Waals surface area contributed by atoms with Gasteiger partial charge in [0.1, 0.15) is 0 Å². The molecule has 1 unspecified atom stereocenters. The van der Waals surface area contributed by atoms with Crippen molar-refractivity contribution in [1.29, 1.82) is 0 Å².